The number of hydrogen-bond acceptors (Lipinski definition) is 9. The van der Waals surface area contributed by atoms with E-state index in [2.05, 4.69) is 15.2 Å². The highest BCUT2D eigenvalue weighted by Crippen LogP contribution is 2.11. The van der Waals surface area contributed by atoms with Gasteiger partial charge in [0.05, 0.1) is 24.8 Å². The Balaban J connectivity index is 0.000000328. The Morgan fingerprint density at radius 1 is 1.23 bits per heavy atom. The smallest absolute Gasteiger partial charge is 0.372 e. The molecule has 35 heavy (non-hydrogen) atoms. The van der Waals surface area contributed by atoms with Crippen LogP contribution < -0.4 is 15.6 Å². The van der Waals surface area contributed by atoms with Crippen LogP contribution in [-0.2, 0) is 27.4 Å². The summed E-state index contributed by atoms with van der Waals surface area (Å²) in [6, 6.07) is 11.2. The van der Waals surface area contributed by atoms with E-state index in [1.165, 1.54) is 24.5 Å². The van der Waals surface area contributed by atoms with Crippen molar-refractivity contribution in [1.82, 2.24) is 9.55 Å². The normalized spacial score (nSPS) is 10.1. The summed E-state index contributed by atoms with van der Waals surface area (Å²) in [5.41, 5.74) is 0.254. The van der Waals surface area contributed by atoms with Crippen molar-refractivity contribution in [3.05, 3.63) is 91.9 Å². The molecule has 3 rings (SSSR count). The van der Waals surface area contributed by atoms with Crippen molar-refractivity contribution < 1.29 is 29.2 Å². The summed E-state index contributed by atoms with van der Waals surface area (Å²) < 4.78 is 6.65. The lowest BCUT2D eigenvalue weighted by molar-refractivity contribution is -0.613. The molecule has 2 N–H and O–H groups in total. The molecule has 0 fully saturated rings. The standard InChI is InChI=1S/C15H17ClN4O4.C7H5ClO3/c1-2-24-13(21)10-19-12(16)9-18-14(15(19)22)17-7-6-11-5-3-4-8-20(11)23;8-6-3-1-2-5(4-6)7(9)11-10/h3-5,8-9H,2,6-7,10H2,1H3,(H,17,18);1-4,10H. The Labute approximate surface area is 210 Å². The van der Waals surface area contributed by atoms with Crippen LogP contribution in [0, 0.1) is 5.21 Å². The van der Waals surface area contributed by atoms with E-state index in [0.29, 0.717) is 23.7 Å². The summed E-state index contributed by atoms with van der Waals surface area (Å²) in [5, 5.41) is 22.9. The van der Waals surface area contributed by atoms with E-state index in [9.17, 15) is 19.6 Å². The van der Waals surface area contributed by atoms with Gasteiger partial charge in [-0.2, -0.15) is 9.99 Å². The van der Waals surface area contributed by atoms with Crippen LogP contribution in [0.15, 0.2) is 59.7 Å². The zero-order chi connectivity index (χ0) is 25.8. The molecule has 1 aromatic carbocycles. The lowest BCUT2D eigenvalue weighted by atomic mass is 10.2. The molecule has 13 heteroatoms. The van der Waals surface area contributed by atoms with Gasteiger partial charge < -0.3 is 15.3 Å². The highest BCUT2D eigenvalue weighted by atomic mass is 35.5. The average Bonchev–Trinajstić information content (AvgIpc) is 2.84. The van der Waals surface area contributed by atoms with E-state index in [4.69, 9.17) is 33.2 Å². The summed E-state index contributed by atoms with van der Waals surface area (Å²) in [4.78, 5) is 41.9. The average molecular weight is 525 g/mol. The van der Waals surface area contributed by atoms with Gasteiger partial charge >= 0.3 is 11.9 Å². The first-order valence-electron chi connectivity index (χ1n) is 10.2. The van der Waals surface area contributed by atoms with Crippen molar-refractivity contribution in [3.8, 4) is 0 Å². The van der Waals surface area contributed by atoms with Crippen LogP contribution in [0.5, 0.6) is 0 Å². The van der Waals surface area contributed by atoms with E-state index in [1.807, 2.05) is 0 Å². The highest BCUT2D eigenvalue weighted by molar-refractivity contribution is 6.31. The van der Waals surface area contributed by atoms with Gasteiger partial charge in [0.2, 0.25) is 0 Å². The first kappa shape index (κ1) is 27.6. The van der Waals surface area contributed by atoms with E-state index in [1.54, 1.807) is 37.3 Å². The molecule has 0 bridgehead atoms. The number of hydrogen-bond donors (Lipinski definition) is 2. The zero-order valence-electron chi connectivity index (χ0n) is 18.5. The van der Waals surface area contributed by atoms with Gasteiger partial charge in [-0.15, -0.1) is 0 Å². The molecule has 0 aliphatic rings. The second kappa shape index (κ2) is 13.9. The lowest BCUT2D eigenvalue weighted by Crippen LogP contribution is -2.33. The van der Waals surface area contributed by atoms with Gasteiger partial charge in [-0.25, -0.2) is 9.78 Å². The third-order valence-corrected chi connectivity index (χ3v) is 4.86. The van der Waals surface area contributed by atoms with Gasteiger partial charge in [-0.1, -0.05) is 35.3 Å². The van der Waals surface area contributed by atoms with E-state index >= 15 is 0 Å². The second-order valence-corrected chi connectivity index (χ2v) is 7.53. The Hall–Kier alpha value is -3.67. The summed E-state index contributed by atoms with van der Waals surface area (Å²) in [6.45, 7) is 1.93. The monoisotopic (exact) mass is 524 g/mol. The van der Waals surface area contributed by atoms with Crippen LogP contribution in [0.2, 0.25) is 10.2 Å². The van der Waals surface area contributed by atoms with Gasteiger partial charge in [0.1, 0.15) is 11.7 Å². The Bertz CT molecular complexity index is 1220. The molecule has 0 aliphatic carbocycles. The van der Waals surface area contributed by atoms with Gasteiger partial charge in [-0.05, 0) is 25.1 Å². The van der Waals surface area contributed by atoms with E-state index in [0.717, 1.165) is 9.30 Å². The van der Waals surface area contributed by atoms with Crippen molar-refractivity contribution in [2.45, 2.75) is 19.9 Å². The number of aromatic nitrogens is 3. The SMILES string of the molecule is CCOC(=O)Cn1c(Cl)cnc(NCCc2cccc[n+]2[O-])c1=O.O=C(OO)c1cccc(Cl)c1. The molecule has 186 valence electrons. The number of halogens is 2. The summed E-state index contributed by atoms with van der Waals surface area (Å²) in [5.74, 6) is -1.32. The molecule has 3 aromatic rings. The van der Waals surface area contributed by atoms with Gasteiger partial charge in [-0.3, -0.25) is 19.0 Å². The van der Waals surface area contributed by atoms with Crippen LogP contribution in [0.25, 0.3) is 0 Å². The van der Waals surface area contributed by atoms with E-state index < -0.39 is 17.5 Å². The van der Waals surface area contributed by atoms with Crippen LogP contribution in [0.3, 0.4) is 0 Å². The van der Waals surface area contributed by atoms with Crippen molar-refractivity contribution in [3.63, 3.8) is 0 Å². The largest absolute Gasteiger partial charge is 0.619 e. The Morgan fingerprint density at radius 2 is 2.00 bits per heavy atom. The van der Waals surface area contributed by atoms with Crippen LogP contribution >= 0.6 is 23.2 Å². The van der Waals surface area contributed by atoms with Crippen molar-refractivity contribution in [2.75, 3.05) is 18.5 Å². The number of pyridine rings is 1. The van der Waals surface area contributed by atoms with Crippen molar-refractivity contribution in [2.24, 2.45) is 0 Å². The number of benzene rings is 1. The van der Waals surface area contributed by atoms with Crippen LogP contribution in [0.4, 0.5) is 5.82 Å². The van der Waals surface area contributed by atoms with Crippen LogP contribution in [-0.4, -0.2) is 39.9 Å². The van der Waals surface area contributed by atoms with Crippen LogP contribution in [0.1, 0.15) is 23.0 Å². The molecule has 0 saturated heterocycles. The molecule has 0 spiro atoms. The topological polar surface area (TPSA) is 147 Å². The molecular weight excluding hydrogens is 503 g/mol. The molecule has 2 heterocycles. The first-order valence-corrected chi connectivity index (χ1v) is 11.0. The number of nitrogens with zero attached hydrogens (tertiary/aromatic N) is 3. The minimum absolute atomic E-state index is 0.0408. The minimum Gasteiger partial charge on any atom is -0.619 e. The fraction of sp³-hybridized carbons (Fsp3) is 0.227. The molecule has 0 aliphatic heterocycles. The molecule has 0 saturated carbocycles. The first-order chi connectivity index (χ1) is 16.8. The van der Waals surface area contributed by atoms with Gasteiger partial charge in [0.15, 0.2) is 17.7 Å². The zero-order valence-corrected chi connectivity index (χ0v) is 20.0. The molecule has 11 nitrogen and oxygen atoms in total. The Morgan fingerprint density at radius 3 is 2.66 bits per heavy atom. The fourth-order valence-electron chi connectivity index (χ4n) is 2.71. The minimum atomic E-state index is -0.813. The maximum atomic E-state index is 12.3. The summed E-state index contributed by atoms with van der Waals surface area (Å²) in [7, 11) is 0. The third-order valence-electron chi connectivity index (χ3n) is 4.32. The molecule has 0 atom stereocenters. The van der Waals surface area contributed by atoms with Gasteiger partial charge in [0.25, 0.3) is 5.56 Å². The summed E-state index contributed by atoms with van der Waals surface area (Å²) >= 11 is 11.5. The number of anilines is 1. The van der Waals surface area contributed by atoms with Gasteiger partial charge in [0, 0.05) is 23.7 Å². The van der Waals surface area contributed by atoms with Crippen molar-refractivity contribution >= 4 is 41.0 Å². The van der Waals surface area contributed by atoms with E-state index in [-0.39, 0.29) is 29.7 Å². The number of rotatable bonds is 8. The molecule has 0 radical (unpaired) electrons. The molecular formula is C22H22Cl2N4O7. The third kappa shape index (κ3) is 8.56. The number of ether oxygens (including phenoxy) is 1. The second-order valence-electron chi connectivity index (χ2n) is 6.71. The molecule has 0 amide bonds. The highest BCUT2D eigenvalue weighted by Gasteiger charge is 2.13. The van der Waals surface area contributed by atoms with Crippen molar-refractivity contribution in [1.29, 1.82) is 0 Å². The quantitative estimate of drug-likeness (QED) is 0.149. The fourth-order valence-corrected chi connectivity index (χ4v) is 3.08. The maximum Gasteiger partial charge on any atom is 0.372 e. The maximum absolute atomic E-state index is 12.3. The number of nitrogens with one attached hydrogen (secondary N) is 1. The molecule has 0 unspecified atom stereocenters. The molecule has 2 aromatic heterocycles. The number of esters is 1. The summed E-state index contributed by atoms with van der Waals surface area (Å²) in [6.07, 6.45) is 3.09. The lowest BCUT2D eigenvalue weighted by Gasteiger charge is -2.10. The predicted molar refractivity (Wildman–Crippen MR) is 127 cm³/mol. The number of carbonyl (C=O) groups excluding carboxylic acids is 2. The number of carbonyl (C=O) groups is 2. The Kier molecular flexibility index (Phi) is 10.9. The predicted octanol–water partition coefficient (Wildman–Crippen LogP) is 2.72.